The quantitative estimate of drug-likeness (QED) is 0.301. The third-order valence-corrected chi connectivity index (χ3v) is 5.13. The van der Waals surface area contributed by atoms with E-state index in [0.29, 0.717) is 16.8 Å². The number of rotatable bonds is 9. The average molecular weight is 474 g/mol. The molecule has 0 amide bonds. The number of hydrogen-bond acceptors (Lipinski definition) is 8. The van der Waals surface area contributed by atoms with E-state index in [0.717, 1.165) is 5.57 Å². The molecule has 0 fully saturated rings. The minimum absolute atomic E-state index is 0.107. The van der Waals surface area contributed by atoms with E-state index in [-0.39, 0.29) is 25.2 Å². The highest BCUT2D eigenvalue weighted by molar-refractivity contribution is 5.90. The molecule has 0 radical (unpaired) electrons. The van der Waals surface area contributed by atoms with Crippen LogP contribution in [0.5, 0.6) is 0 Å². The summed E-state index contributed by atoms with van der Waals surface area (Å²) in [4.78, 5) is 48.1. The second kappa shape index (κ2) is 12.0. The smallest absolute Gasteiger partial charge is 0.337 e. The zero-order chi connectivity index (χ0) is 25.4. The monoisotopic (exact) mass is 473 g/mol. The van der Waals surface area contributed by atoms with E-state index in [4.69, 9.17) is 18.9 Å². The molecule has 0 unspecified atom stereocenters. The standard InChI is InChI=1S/C25H31NO8/c1-7-16(5)24(29)34-20-12-21(33-17(6)27)26-10-9-19(23(20)26)14-32-25(30)18(8-2)13-31-22(28)11-15(3)4/h7-11,20-21H,12-14H2,1-6H3/b16-7+,18-8+/t20-,21+/m0/s1. The first-order valence-corrected chi connectivity index (χ1v) is 10.9. The third kappa shape index (κ3) is 6.94. The Morgan fingerprint density at radius 2 is 1.71 bits per heavy atom. The Kier molecular flexibility index (Phi) is 9.41. The van der Waals surface area contributed by atoms with Crippen LogP contribution in [0.15, 0.2) is 47.2 Å². The highest BCUT2D eigenvalue weighted by Gasteiger charge is 2.37. The Bertz CT molecular complexity index is 1040. The fraction of sp³-hybridized carbons (Fsp3) is 0.440. The number of fused-ring (bicyclic) bond motifs is 1. The van der Waals surface area contributed by atoms with Gasteiger partial charge in [-0.1, -0.05) is 17.7 Å². The second-order valence-corrected chi connectivity index (χ2v) is 8.02. The summed E-state index contributed by atoms with van der Waals surface area (Å²) in [5.74, 6) is -2.13. The van der Waals surface area contributed by atoms with Gasteiger partial charge in [0.2, 0.25) is 0 Å². The fourth-order valence-electron chi connectivity index (χ4n) is 3.32. The van der Waals surface area contributed by atoms with Gasteiger partial charge in [0.1, 0.15) is 19.3 Å². The molecule has 2 atom stereocenters. The molecule has 0 saturated heterocycles. The highest BCUT2D eigenvalue weighted by atomic mass is 16.6. The normalized spacial score (nSPS) is 17.5. The number of carbonyl (C=O) groups is 4. The summed E-state index contributed by atoms with van der Waals surface area (Å²) < 4.78 is 23.2. The van der Waals surface area contributed by atoms with Crippen molar-refractivity contribution in [3.63, 3.8) is 0 Å². The van der Waals surface area contributed by atoms with Crippen molar-refractivity contribution in [1.82, 2.24) is 4.57 Å². The van der Waals surface area contributed by atoms with E-state index >= 15 is 0 Å². The van der Waals surface area contributed by atoms with Gasteiger partial charge in [-0.25, -0.2) is 14.4 Å². The number of hydrogen-bond donors (Lipinski definition) is 0. The van der Waals surface area contributed by atoms with Crippen LogP contribution in [0, 0.1) is 0 Å². The van der Waals surface area contributed by atoms with Crippen LogP contribution in [-0.4, -0.2) is 35.1 Å². The van der Waals surface area contributed by atoms with E-state index in [9.17, 15) is 19.2 Å². The molecule has 0 saturated carbocycles. The maximum Gasteiger partial charge on any atom is 0.337 e. The van der Waals surface area contributed by atoms with Gasteiger partial charge in [-0.05, 0) is 40.7 Å². The highest BCUT2D eigenvalue weighted by Crippen LogP contribution is 2.41. The molecular weight excluding hydrogens is 442 g/mol. The van der Waals surface area contributed by atoms with E-state index < -0.39 is 36.2 Å². The van der Waals surface area contributed by atoms with Gasteiger partial charge in [0.05, 0.1) is 11.3 Å². The van der Waals surface area contributed by atoms with Gasteiger partial charge in [0.25, 0.3) is 0 Å². The molecule has 9 heteroatoms. The van der Waals surface area contributed by atoms with Crippen molar-refractivity contribution in [2.45, 2.75) is 66.9 Å². The Hall–Kier alpha value is -3.62. The molecule has 9 nitrogen and oxygen atoms in total. The van der Waals surface area contributed by atoms with Crippen LogP contribution in [0.2, 0.25) is 0 Å². The molecule has 2 rings (SSSR count). The van der Waals surface area contributed by atoms with Crippen LogP contribution < -0.4 is 0 Å². The molecule has 0 aromatic carbocycles. The van der Waals surface area contributed by atoms with Crippen LogP contribution in [0.1, 0.15) is 71.6 Å². The summed E-state index contributed by atoms with van der Waals surface area (Å²) in [6.07, 6.45) is 5.12. The molecule has 1 aromatic heterocycles. The van der Waals surface area contributed by atoms with Crippen molar-refractivity contribution in [2.75, 3.05) is 6.61 Å². The summed E-state index contributed by atoms with van der Waals surface area (Å²) in [7, 11) is 0. The molecule has 184 valence electrons. The van der Waals surface area contributed by atoms with Crippen molar-refractivity contribution in [3.05, 3.63) is 58.5 Å². The Morgan fingerprint density at radius 3 is 2.29 bits per heavy atom. The maximum absolute atomic E-state index is 12.5. The van der Waals surface area contributed by atoms with Gasteiger partial charge in [0, 0.05) is 36.8 Å². The minimum Gasteiger partial charge on any atom is -0.457 e. The Labute approximate surface area is 199 Å². The van der Waals surface area contributed by atoms with Gasteiger partial charge in [0.15, 0.2) is 6.23 Å². The summed E-state index contributed by atoms with van der Waals surface area (Å²) in [6, 6.07) is 1.71. The first kappa shape index (κ1) is 26.6. The third-order valence-electron chi connectivity index (χ3n) is 5.13. The van der Waals surface area contributed by atoms with Crippen molar-refractivity contribution in [2.24, 2.45) is 0 Å². The van der Waals surface area contributed by atoms with Gasteiger partial charge in [-0.2, -0.15) is 0 Å². The molecule has 1 aromatic rings. The van der Waals surface area contributed by atoms with Crippen LogP contribution >= 0.6 is 0 Å². The largest absolute Gasteiger partial charge is 0.457 e. The number of allylic oxidation sites excluding steroid dienone is 3. The van der Waals surface area contributed by atoms with Crippen molar-refractivity contribution in [1.29, 1.82) is 0 Å². The maximum atomic E-state index is 12.5. The molecule has 0 bridgehead atoms. The van der Waals surface area contributed by atoms with Crippen LogP contribution in [-0.2, 0) is 44.7 Å². The van der Waals surface area contributed by atoms with Crippen molar-refractivity contribution < 1.29 is 38.1 Å². The van der Waals surface area contributed by atoms with E-state index in [2.05, 4.69) is 0 Å². The SMILES string of the molecule is C/C=C(\C)C(=O)O[C@H]1C[C@@H](OC(C)=O)n2ccc(COC(=O)/C(=C/C)COC(=O)C=C(C)C)c21. The predicted octanol–water partition coefficient (Wildman–Crippen LogP) is 4.00. The zero-order valence-electron chi connectivity index (χ0n) is 20.4. The molecule has 0 N–H and O–H groups in total. The van der Waals surface area contributed by atoms with Crippen LogP contribution in [0.3, 0.4) is 0 Å². The number of carbonyl (C=O) groups excluding carboxylic acids is 4. The molecule has 0 spiro atoms. The lowest BCUT2D eigenvalue weighted by Crippen LogP contribution is -2.16. The zero-order valence-corrected chi connectivity index (χ0v) is 20.4. The van der Waals surface area contributed by atoms with E-state index in [1.54, 1.807) is 57.5 Å². The Balaban J connectivity index is 2.14. The molecule has 2 heterocycles. The van der Waals surface area contributed by atoms with Crippen LogP contribution in [0.4, 0.5) is 0 Å². The van der Waals surface area contributed by atoms with Crippen LogP contribution in [0.25, 0.3) is 0 Å². The number of esters is 4. The lowest BCUT2D eigenvalue weighted by Gasteiger charge is -2.15. The topological polar surface area (TPSA) is 110 Å². The lowest BCUT2D eigenvalue weighted by molar-refractivity contribution is -0.153. The first-order chi connectivity index (χ1) is 16.1. The van der Waals surface area contributed by atoms with Gasteiger partial charge in [-0.15, -0.1) is 0 Å². The summed E-state index contributed by atoms with van der Waals surface area (Å²) in [5, 5.41) is 0. The number of nitrogens with zero attached hydrogens (tertiary/aromatic N) is 1. The van der Waals surface area contributed by atoms with E-state index in [1.165, 1.54) is 19.1 Å². The lowest BCUT2D eigenvalue weighted by atomic mass is 10.1. The Morgan fingerprint density at radius 1 is 1.00 bits per heavy atom. The fourth-order valence-corrected chi connectivity index (χ4v) is 3.32. The summed E-state index contributed by atoms with van der Waals surface area (Å²) in [6.45, 7) is 9.52. The van der Waals surface area contributed by atoms with Gasteiger partial charge in [-0.3, -0.25) is 4.79 Å². The van der Waals surface area contributed by atoms with E-state index in [1.807, 2.05) is 0 Å². The second-order valence-electron chi connectivity index (χ2n) is 8.02. The first-order valence-electron chi connectivity index (χ1n) is 10.9. The summed E-state index contributed by atoms with van der Waals surface area (Å²) >= 11 is 0. The predicted molar refractivity (Wildman–Crippen MR) is 122 cm³/mol. The van der Waals surface area contributed by atoms with Gasteiger partial charge >= 0.3 is 23.9 Å². The van der Waals surface area contributed by atoms with Crippen molar-refractivity contribution in [3.8, 4) is 0 Å². The average Bonchev–Trinajstić information content (AvgIpc) is 3.32. The molecule has 1 aliphatic heterocycles. The van der Waals surface area contributed by atoms with Crippen molar-refractivity contribution >= 4 is 23.9 Å². The van der Waals surface area contributed by atoms with Gasteiger partial charge < -0.3 is 23.5 Å². The number of aromatic nitrogens is 1. The number of ether oxygens (including phenoxy) is 4. The molecular formula is C25H31NO8. The summed E-state index contributed by atoms with van der Waals surface area (Å²) in [5.41, 5.74) is 2.62. The molecule has 0 aliphatic carbocycles. The minimum atomic E-state index is -0.679. The molecule has 34 heavy (non-hydrogen) atoms. The molecule has 1 aliphatic rings.